The van der Waals surface area contributed by atoms with Crippen LogP contribution in [0.15, 0.2) is 0 Å². The maximum Gasteiger partial charge on any atom is 0.0689 e. The Balaban J connectivity index is 1.62. The van der Waals surface area contributed by atoms with Crippen LogP contribution in [-0.4, -0.2) is 0 Å². The third-order valence-electron chi connectivity index (χ3n) is 7.90. The lowest BCUT2D eigenvalue weighted by Gasteiger charge is -2.52. The van der Waals surface area contributed by atoms with Crippen molar-refractivity contribution in [2.75, 3.05) is 0 Å². The first-order valence-corrected chi connectivity index (χ1v) is 10.6. The topological polar surface area (TPSA) is 23.8 Å². The molecule has 0 heterocycles. The summed E-state index contributed by atoms with van der Waals surface area (Å²) in [5.41, 5.74) is 0.0454. The molecule has 0 radical (unpaired) electrons. The van der Waals surface area contributed by atoms with Gasteiger partial charge in [-0.3, -0.25) is 0 Å². The van der Waals surface area contributed by atoms with Crippen molar-refractivity contribution < 1.29 is 0 Å². The zero-order chi connectivity index (χ0) is 16.3. The minimum Gasteiger partial charge on any atom is -0.198 e. The Morgan fingerprint density at radius 1 is 0.957 bits per heavy atom. The molecule has 3 rings (SSSR count). The van der Waals surface area contributed by atoms with Crippen LogP contribution in [0, 0.1) is 46.3 Å². The van der Waals surface area contributed by atoms with Crippen molar-refractivity contribution >= 4 is 0 Å². The van der Waals surface area contributed by atoms with Crippen molar-refractivity contribution in [1.29, 1.82) is 5.26 Å². The van der Waals surface area contributed by atoms with Crippen molar-refractivity contribution in [3.05, 3.63) is 0 Å². The first kappa shape index (κ1) is 17.3. The number of hydrogen-bond donors (Lipinski definition) is 0. The molecular weight excluding hydrogens is 278 g/mol. The quantitative estimate of drug-likeness (QED) is 0.516. The van der Waals surface area contributed by atoms with Crippen LogP contribution in [0.5, 0.6) is 0 Å². The second kappa shape index (κ2) is 7.58. The van der Waals surface area contributed by atoms with Gasteiger partial charge < -0.3 is 0 Å². The van der Waals surface area contributed by atoms with Crippen molar-refractivity contribution in [3.63, 3.8) is 0 Å². The van der Waals surface area contributed by atoms with Gasteiger partial charge in [0.1, 0.15) is 0 Å². The van der Waals surface area contributed by atoms with Gasteiger partial charge in [-0.2, -0.15) is 5.26 Å². The van der Waals surface area contributed by atoms with E-state index in [-0.39, 0.29) is 5.41 Å². The fraction of sp³-hybridized carbons (Fsp3) is 0.955. The molecule has 3 fully saturated rings. The van der Waals surface area contributed by atoms with E-state index in [2.05, 4.69) is 19.9 Å². The molecule has 3 aliphatic carbocycles. The van der Waals surface area contributed by atoms with Crippen molar-refractivity contribution in [2.24, 2.45) is 35.0 Å². The summed E-state index contributed by atoms with van der Waals surface area (Å²) in [4.78, 5) is 0. The molecule has 0 aromatic heterocycles. The Hall–Kier alpha value is -0.510. The van der Waals surface area contributed by atoms with Crippen LogP contribution >= 0.6 is 0 Å². The minimum atomic E-state index is 0.0454. The third-order valence-corrected chi connectivity index (χ3v) is 7.90. The second-order valence-corrected chi connectivity index (χ2v) is 9.10. The largest absolute Gasteiger partial charge is 0.198 e. The van der Waals surface area contributed by atoms with Gasteiger partial charge in [-0.1, -0.05) is 46.0 Å². The molecule has 4 unspecified atom stereocenters. The van der Waals surface area contributed by atoms with Gasteiger partial charge in [0, 0.05) is 0 Å². The van der Waals surface area contributed by atoms with Gasteiger partial charge in [0.05, 0.1) is 11.5 Å². The van der Waals surface area contributed by atoms with Gasteiger partial charge in [-0.25, -0.2) is 0 Å². The monoisotopic (exact) mass is 315 g/mol. The highest BCUT2D eigenvalue weighted by molar-refractivity contribution is 5.06. The summed E-state index contributed by atoms with van der Waals surface area (Å²) in [7, 11) is 0. The van der Waals surface area contributed by atoms with Crippen LogP contribution in [0.4, 0.5) is 0 Å². The molecule has 6 atom stereocenters. The standard InChI is InChI=1S/C22H37N/c1-3-5-6-12-22(16-23)13-11-21-19(15-22)9-8-18-14-17(4-2)7-10-20(18)21/h17-21H,3-15H2,1-2H3/t17-,18?,19?,20?,21?,22+/m0/s1. The average molecular weight is 316 g/mol. The normalized spacial score (nSPS) is 43.3. The summed E-state index contributed by atoms with van der Waals surface area (Å²) >= 11 is 0. The van der Waals surface area contributed by atoms with E-state index >= 15 is 0 Å². The number of nitrogens with zero attached hydrogens (tertiary/aromatic N) is 1. The molecule has 130 valence electrons. The van der Waals surface area contributed by atoms with E-state index in [1.54, 1.807) is 0 Å². The van der Waals surface area contributed by atoms with E-state index in [1.807, 2.05) is 0 Å². The highest BCUT2D eigenvalue weighted by Gasteiger charge is 2.48. The lowest BCUT2D eigenvalue weighted by Crippen LogP contribution is -2.44. The molecule has 1 nitrogen and oxygen atoms in total. The molecule has 0 saturated heterocycles. The first-order chi connectivity index (χ1) is 11.2. The Kier molecular flexibility index (Phi) is 5.71. The van der Waals surface area contributed by atoms with Gasteiger partial charge in [-0.05, 0) is 81.0 Å². The van der Waals surface area contributed by atoms with Crippen molar-refractivity contribution in [2.45, 2.75) is 97.3 Å². The van der Waals surface area contributed by atoms with Crippen LogP contribution in [-0.2, 0) is 0 Å². The zero-order valence-electron chi connectivity index (χ0n) is 15.5. The second-order valence-electron chi connectivity index (χ2n) is 9.10. The Morgan fingerprint density at radius 2 is 1.74 bits per heavy atom. The van der Waals surface area contributed by atoms with Crippen molar-refractivity contribution in [1.82, 2.24) is 0 Å². The van der Waals surface area contributed by atoms with Gasteiger partial charge in [-0.15, -0.1) is 0 Å². The highest BCUT2D eigenvalue weighted by atomic mass is 14.5. The summed E-state index contributed by atoms with van der Waals surface area (Å²) in [6, 6.07) is 2.80. The van der Waals surface area contributed by atoms with Gasteiger partial charge >= 0.3 is 0 Å². The summed E-state index contributed by atoms with van der Waals surface area (Å²) in [6.07, 6.45) is 17.6. The van der Waals surface area contributed by atoms with Gasteiger partial charge in [0.15, 0.2) is 0 Å². The first-order valence-electron chi connectivity index (χ1n) is 10.6. The number of nitriles is 1. The van der Waals surface area contributed by atoms with E-state index in [0.29, 0.717) is 0 Å². The van der Waals surface area contributed by atoms with E-state index in [1.165, 1.54) is 83.5 Å². The molecule has 0 N–H and O–H groups in total. The number of unbranched alkanes of at least 4 members (excludes halogenated alkanes) is 2. The molecule has 23 heavy (non-hydrogen) atoms. The van der Waals surface area contributed by atoms with E-state index in [9.17, 15) is 5.26 Å². The van der Waals surface area contributed by atoms with Crippen LogP contribution in [0.3, 0.4) is 0 Å². The molecule has 0 aromatic carbocycles. The summed E-state index contributed by atoms with van der Waals surface area (Å²) in [5.74, 6) is 4.92. The predicted molar refractivity (Wildman–Crippen MR) is 96.9 cm³/mol. The molecule has 3 aliphatic rings. The van der Waals surface area contributed by atoms with Crippen LogP contribution in [0.25, 0.3) is 0 Å². The van der Waals surface area contributed by atoms with Crippen LogP contribution in [0.2, 0.25) is 0 Å². The molecule has 0 amide bonds. The maximum atomic E-state index is 9.88. The summed E-state index contributed by atoms with van der Waals surface area (Å²) in [5, 5.41) is 9.88. The van der Waals surface area contributed by atoms with Gasteiger partial charge in [0.2, 0.25) is 0 Å². The minimum absolute atomic E-state index is 0.0454. The average Bonchev–Trinajstić information content (AvgIpc) is 2.61. The number of rotatable bonds is 5. The fourth-order valence-electron chi connectivity index (χ4n) is 6.49. The maximum absolute atomic E-state index is 9.88. The molecule has 0 spiro atoms. The molecule has 0 aromatic rings. The third kappa shape index (κ3) is 3.62. The number of hydrogen-bond acceptors (Lipinski definition) is 1. The molecule has 0 aliphatic heterocycles. The predicted octanol–water partition coefficient (Wildman–Crippen LogP) is 6.73. The fourth-order valence-corrected chi connectivity index (χ4v) is 6.49. The smallest absolute Gasteiger partial charge is 0.0689 e. The summed E-state index contributed by atoms with van der Waals surface area (Å²) in [6.45, 7) is 4.65. The zero-order valence-corrected chi connectivity index (χ0v) is 15.5. The lowest BCUT2D eigenvalue weighted by molar-refractivity contribution is -0.0174. The molecular formula is C22H37N. The van der Waals surface area contributed by atoms with Crippen LogP contribution < -0.4 is 0 Å². The lowest BCUT2D eigenvalue weighted by atomic mass is 9.52. The Bertz CT molecular complexity index is 422. The van der Waals surface area contributed by atoms with E-state index in [0.717, 1.165) is 29.6 Å². The molecule has 0 bridgehead atoms. The number of fused-ring (bicyclic) bond motifs is 3. The summed E-state index contributed by atoms with van der Waals surface area (Å²) < 4.78 is 0. The Labute approximate surface area is 144 Å². The Morgan fingerprint density at radius 3 is 2.48 bits per heavy atom. The highest BCUT2D eigenvalue weighted by Crippen LogP contribution is 2.56. The van der Waals surface area contributed by atoms with Gasteiger partial charge in [0.25, 0.3) is 0 Å². The molecule has 1 heteroatoms. The van der Waals surface area contributed by atoms with Crippen molar-refractivity contribution in [3.8, 4) is 6.07 Å². The molecule has 3 saturated carbocycles. The SMILES string of the molecule is CCCCC[C@@]1(C#N)CCC2C(CCC3C[C@@H](CC)CCC32)C1. The van der Waals surface area contributed by atoms with E-state index < -0.39 is 0 Å². The van der Waals surface area contributed by atoms with E-state index in [4.69, 9.17) is 0 Å². The van der Waals surface area contributed by atoms with Crippen LogP contribution in [0.1, 0.15) is 97.3 Å².